The predicted octanol–water partition coefficient (Wildman–Crippen LogP) is 0.139. The molecule has 0 heterocycles. The number of amides is 1. The first-order chi connectivity index (χ1) is 10.5. The molecular formula is C14H33N6O4P. The second-order valence-electron chi connectivity index (χ2n) is 6.35. The van der Waals surface area contributed by atoms with Crippen molar-refractivity contribution in [3.63, 3.8) is 0 Å². The maximum Gasteiger partial charge on any atom is 0.217 e. The molecule has 0 saturated heterocycles. The molecule has 1 aliphatic carbocycles. The van der Waals surface area contributed by atoms with Crippen molar-refractivity contribution in [1.29, 1.82) is 0 Å². The highest BCUT2D eigenvalue weighted by Crippen LogP contribution is 2.44. The van der Waals surface area contributed by atoms with Gasteiger partial charge >= 0.3 is 0 Å². The number of nitrogens with one attached hydrogen (secondary N) is 1. The molecule has 0 spiro atoms. The summed E-state index contributed by atoms with van der Waals surface area (Å²) in [5, 5.41) is 2.72. The van der Waals surface area contributed by atoms with Gasteiger partial charge in [0, 0.05) is 18.9 Å². The number of nitrogens with two attached hydrogens (primary N) is 2. The Bertz CT molecular complexity index is 541. The SMILES string of the molecule is CC(=O)NC(CC(C)C)C1CC=C(P(=O)([O-])[O-])CC1N=C(N)N.[NH4+].[NH4+]. The maximum atomic E-state index is 11.5. The summed E-state index contributed by atoms with van der Waals surface area (Å²) < 4.78 is 11.3. The fourth-order valence-electron chi connectivity index (χ4n) is 2.98. The molecule has 25 heavy (non-hydrogen) atoms. The number of allylic oxidation sites excluding steroid dienone is 1. The molecule has 1 amide bonds. The minimum absolute atomic E-state index is 0. The third kappa shape index (κ3) is 8.46. The molecular weight excluding hydrogens is 347 g/mol. The van der Waals surface area contributed by atoms with Gasteiger partial charge in [-0.25, -0.2) is 4.99 Å². The number of aliphatic imine (C=N–C) groups is 1. The van der Waals surface area contributed by atoms with E-state index < -0.39 is 13.6 Å². The van der Waals surface area contributed by atoms with Gasteiger partial charge in [-0.3, -0.25) is 4.79 Å². The lowest BCUT2D eigenvalue weighted by atomic mass is 9.80. The van der Waals surface area contributed by atoms with Gasteiger partial charge in [-0.05, 0) is 38.1 Å². The molecule has 13 N–H and O–H groups in total. The number of hydrogen-bond acceptors (Lipinski definition) is 5. The lowest BCUT2D eigenvalue weighted by molar-refractivity contribution is -0.310. The van der Waals surface area contributed by atoms with E-state index in [1.807, 2.05) is 13.8 Å². The van der Waals surface area contributed by atoms with Gasteiger partial charge in [-0.1, -0.05) is 19.9 Å². The Morgan fingerprint density at radius 1 is 1.40 bits per heavy atom. The van der Waals surface area contributed by atoms with Gasteiger partial charge in [0.15, 0.2) is 5.96 Å². The van der Waals surface area contributed by atoms with Crippen LogP contribution in [0.4, 0.5) is 0 Å². The van der Waals surface area contributed by atoms with Crippen LogP contribution in [0.5, 0.6) is 0 Å². The Balaban J connectivity index is 0. The number of hydrogen-bond donors (Lipinski definition) is 5. The van der Waals surface area contributed by atoms with Crippen LogP contribution in [0.3, 0.4) is 0 Å². The quantitative estimate of drug-likeness (QED) is 0.244. The highest BCUT2D eigenvalue weighted by atomic mass is 31.2. The molecule has 148 valence electrons. The largest absolute Gasteiger partial charge is 0.808 e. The van der Waals surface area contributed by atoms with Crippen LogP contribution in [-0.4, -0.2) is 24.0 Å². The molecule has 0 aromatic rings. The van der Waals surface area contributed by atoms with Crippen molar-refractivity contribution in [2.75, 3.05) is 0 Å². The first-order valence-corrected chi connectivity index (χ1v) is 9.12. The Labute approximate surface area is 148 Å². The zero-order valence-corrected chi connectivity index (χ0v) is 16.6. The van der Waals surface area contributed by atoms with E-state index in [1.165, 1.54) is 13.0 Å². The summed E-state index contributed by atoms with van der Waals surface area (Å²) in [4.78, 5) is 38.1. The van der Waals surface area contributed by atoms with Gasteiger partial charge in [-0.2, -0.15) is 0 Å². The first-order valence-electron chi connectivity index (χ1n) is 7.58. The lowest BCUT2D eigenvalue weighted by Crippen LogP contribution is -2.46. The second kappa shape index (κ2) is 10.5. The summed E-state index contributed by atoms with van der Waals surface area (Å²) in [6.45, 7) is 5.48. The molecule has 3 atom stereocenters. The van der Waals surface area contributed by atoms with Crippen LogP contribution >= 0.6 is 7.60 Å². The Kier molecular flexibility index (Phi) is 10.9. The Morgan fingerprint density at radius 3 is 2.36 bits per heavy atom. The molecule has 0 aliphatic heterocycles. The molecule has 10 nitrogen and oxygen atoms in total. The topological polar surface area (TPSA) is 230 Å². The summed E-state index contributed by atoms with van der Waals surface area (Å²) >= 11 is 0. The summed E-state index contributed by atoms with van der Waals surface area (Å²) in [5.74, 6) is -0.188. The predicted molar refractivity (Wildman–Crippen MR) is 97.0 cm³/mol. The average Bonchev–Trinajstić information content (AvgIpc) is 2.34. The molecule has 0 aromatic heterocycles. The summed E-state index contributed by atoms with van der Waals surface area (Å²) in [7, 11) is -4.81. The minimum atomic E-state index is -4.81. The van der Waals surface area contributed by atoms with Gasteiger partial charge in [0.05, 0.1) is 6.04 Å². The smallest absolute Gasteiger partial charge is 0.217 e. The maximum absolute atomic E-state index is 11.5. The van der Waals surface area contributed by atoms with Crippen molar-refractivity contribution in [2.45, 2.75) is 52.1 Å². The number of rotatable bonds is 6. The van der Waals surface area contributed by atoms with Crippen molar-refractivity contribution in [2.24, 2.45) is 28.3 Å². The van der Waals surface area contributed by atoms with Gasteiger partial charge in [0.2, 0.25) is 5.91 Å². The fourth-order valence-corrected chi connectivity index (χ4v) is 3.72. The van der Waals surface area contributed by atoms with Crippen molar-refractivity contribution in [3.8, 4) is 0 Å². The van der Waals surface area contributed by atoms with Gasteiger partial charge in [0.25, 0.3) is 0 Å². The number of quaternary nitrogens is 2. The standard InChI is InChI=1S/C14H27N4O4P.2H3N/c1-8(2)6-12(17-9(3)19)11-5-4-10(23(20,21)22)7-13(11)18-14(15)16;;/h4,8,11-13H,5-7H2,1-3H3,(H,17,19)(H4,15,16,18)(H2,20,21,22);2*1H3. The van der Waals surface area contributed by atoms with Gasteiger partial charge < -0.3 is 43.4 Å². The Morgan fingerprint density at radius 2 is 1.96 bits per heavy atom. The molecule has 3 unspecified atom stereocenters. The van der Waals surface area contributed by atoms with Crippen LogP contribution in [0.1, 0.15) is 40.0 Å². The Hall–Kier alpha value is -1.45. The van der Waals surface area contributed by atoms with Crippen LogP contribution in [0.2, 0.25) is 0 Å². The number of carbonyl (C=O) groups excluding carboxylic acids is 1. The molecule has 11 heteroatoms. The zero-order chi connectivity index (χ0) is 17.8. The average molecular weight is 380 g/mol. The summed E-state index contributed by atoms with van der Waals surface area (Å²) in [6, 6.07) is -0.747. The lowest BCUT2D eigenvalue weighted by Gasteiger charge is -2.41. The van der Waals surface area contributed by atoms with Gasteiger partial charge in [-0.15, -0.1) is 0 Å². The van der Waals surface area contributed by atoms with Crippen molar-refractivity contribution in [1.82, 2.24) is 17.6 Å². The minimum Gasteiger partial charge on any atom is -0.808 e. The molecule has 0 aromatic carbocycles. The third-order valence-electron chi connectivity index (χ3n) is 3.84. The molecule has 0 bridgehead atoms. The fraction of sp³-hybridized carbons (Fsp3) is 0.714. The third-order valence-corrected chi connectivity index (χ3v) is 4.90. The molecule has 0 radical (unpaired) electrons. The van der Waals surface area contributed by atoms with E-state index in [2.05, 4.69) is 10.3 Å². The monoisotopic (exact) mass is 380 g/mol. The van der Waals surface area contributed by atoms with Crippen LogP contribution in [0, 0.1) is 11.8 Å². The number of guanidine groups is 1. The van der Waals surface area contributed by atoms with E-state index in [1.54, 1.807) is 0 Å². The van der Waals surface area contributed by atoms with Crippen molar-refractivity contribution < 1.29 is 19.1 Å². The first kappa shape index (κ1) is 25.8. The van der Waals surface area contributed by atoms with Gasteiger partial charge in [0.1, 0.15) is 0 Å². The summed E-state index contributed by atoms with van der Waals surface area (Å²) in [6.07, 6.45) is 2.42. The van der Waals surface area contributed by atoms with Crippen LogP contribution in [0.15, 0.2) is 16.4 Å². The summed E-state index contributed by atoms with van der Waals surface area (Å²) in [5.41, 5.74) is 10.9. The molecule has 0 fully saturated rings. The van der Waals surface area contributed by atoms with Crippen molar-refractivity contribution in [3.05, 3.63) is 11.4 Å². The van der Waals surface area contributed by atoms with E-state index in [9.17, 15) is 19.1 Å². The molecule has 0 saturated carbocycles. The van der Waals surface area contributed by atoms with E-state index >= 15 is 0 Å². The highest BCUT2D eigenvalue weighted by Gasteiger charge is 2.33. The molecule has 1 aliphatic rings. The highest BCUT2D eigenvalue weighted by molar-refractivity contribution is 7.53. The number of nitrogens with zero attached hydrogens (tertiary/aromatic N) is 1. The van der Waals surface area contributed by atoms with Crippen molar-refractivity contribution >= 4 is 19.5 Å². The van der Waals surface area contributed by atoms with E-state index in [-0.39, 0.29) is 47.9 Å². The van der Waals surface area contributed by atoms with Crippen LogP contribution in [0.25, 0.3) is 0 Å². The van der Waals surface area contributed by atoms with E-state index in [0.717, 1.165) is 0 Å². The zero-order valence-electron chi connectivity index (χ0n) is 15.7. The molecule has 1 rings (SSSR count). The van der Waals surface area contributed by atoms with E-state index in [4.69, 9.17) is 11.5 Å². The number of carbonyl (C=O) groups is 1. The normalized spacial score (nSPS) is 21.3. The van der Waals surface area contributed by atoms with E-state index in [0.29, 0.717) is 18.8 Å². The van der Waals surface area contributed by atoms with Crippen LogP contribution < -0.4 is 38.9 Å². The second-order valence-corrected chi connectivity index (χ2v) is 7.92. The van der Waals surface area contributed by atoms with Crippen LogP contribution in [-0.2, 0) is 9.36 Å².